The molecule has 4 nitrogen and oxygen atoms in total. The highest BCUT2D eigenvalue weighted by Gasteiger charge is 2.25. The number of anilines is 1. The van der Waals surface area contributed by atoms with Crippen LogP contribution in [0.15, 0.2) is 18.2 Å². The lowest BCUT2D eigenvalue weighted by atomic mass is 9.85. The van der Waals surface area contributed by atoms with Crippen molar-refractivity contribution >= 4 is 40.8 Å². The average Bonchev–Trinajstić information content (AvgIpc) is 2.20. The molecule has 1 rings (SSSR count). The summed E-state index contributed by atoms with van der Waals surface area (Å²) < 4.78 is 0. The van der Waals surface area contributed by atoms with E-state index in [2.05, 4.69) is 5.32 Å². The standard InChI is InChI=1S/C13H15Cl2NO3/c1-13(2,7-11(18)19)6-10(17)16-12-8(14)4-3-5-9(12)15/h3-5H,6-7H2,1-2H3,(H,16,17)(H,18,19). The Balaban J connectivity index is 2.73. The summed E-state index contributed by atoms with van der Waals surface area (Å²) in [6, 6.07) is 4.91. The zero-order chi connectivity index (χ0) is 14.6. The molecular formula is C13H15Cl2NO3. The van der Waals surface area contributed by atoms with Gasteiger partial charge in [0.05, 0.1) is 22.2 Å². The van der Waals surface area contributed by atoms with Crippen molar-refractivity contribution in [1.82, 2.24) is 0 Å². The van der Waals surface area contributed by atoms with Crippen molar-refractivity contribution in [2.24, 2.45) is 5.41 Å². The molecule has 0 fully saturated rings. The van der Waals surface area contributed by atoms with E-state index in [-0.39, 0.29) is 18.7 Å². The van der Waals surface area contributed by atoms with Crippen LogP contribution in [-0.2, 0) is 9.59 Å². The molecule has 104 valence electrons. The number of benzene rings is 1. The number of hydrogen-bond donors (Lipinski definition) is 2. The Bertz CT molecular complexity index is 480. The molecule has 0 aromatic heterocycles. The van der Waals surface area contributed by atoms with Crippen LogP contribution >= 0.6 is 23.2 Å². The number of nitrogens with one attached hydrogen (secondary N) is 1. The van der Waals surface area contributed by atoms with E-state index in [0.29, 0.717) is 15.7 Å². The summed E-state index contributed by atoms with van der Waals surface area (Å²) in [6.07, 6.45) is -0.0163. The first-order chi connectivity index (χ1) is 8.71. The van der Waals surface area contributed by atoms with Crippen LogP contribution in [0.1, 0.15) is 26.7 Å². The predicted molar refractivity (Wildman–Crippen MR) is 75.7 cm³/mol. The Kier molecular flexibility index (Phi) is 5.20. The molecule has 0 bridgehead atoms. The van der Waals surface area contributed by atoms with Crippen LogP contribution in [-0.4, -0.2) is 17.0 Å². The van der Waals surface area contributed by atoms with Gasteiger partial charge in [-0.05, 0) is 17.5 Å². The molecule has 1 aromatic carbocycles. The lowest BCUT2D eigenvalue weighted by Crippen LogP contribution is -2.25. The quantitative estimate of drug-likeness (QED) is 0.869. The first-order valence-electron chi connectivity index (χ1n) is 5.67. The highest BCUT2D eigenvalue weighted by Crippen LogP contribution is 2.31. The largest absolute Gasteiger partial charge is 0.481 e. The number of para-hydroxylation sites is 1. The third kappa shape index (κ3) is 5.09. The van der Waals surface area contributed by atoms with Gasteiger partial charge < -0.3 is 10.4 Å². The van der Waals surface area contributed by atoms with Crippen molar-refractivity contribution in [3.05, 3.63) is 28.2 Å². The number of rotatable bonds is 5. The highest BCUT2D eigenvalue weighted by molar-refractivity contribution is 6.39. The van der Waals surface area contributed by atoms with Gasteiger partial charge in [0.15, 0.2) is 0 Å². The molecule has 0 heterocycles. The van der Waals surface area contributed by atoms with Crippen LogP contribution in [0.25, 0.3) is 0 Å². The topological polar surface area (TPSA) is 66.4 Å². The monoisotopic (exact) mass is 303 g/mol. The van der Waals surface area contributed by atoms with E-state index in [1.807, 2.05) is 0 Å². The number of amides is 1. The van der Waals surface area contributed by atoms with Gasteiger partial charge in [0.2, 0.25) is 5.91 Å². The fraction of sp³-hybridized carbons (Fsp3) is 0.385. The summed E-state index contributed by atoms with van der Waals surface area (Å²) in [5.74, 6) is -1.25. The first kappa shape index (κ1) is 15.8. The Hall–Kier alpha value is -1.26. The smallest absolute Gasteiger partial charge is 0.303 e. The number of carbonyl (C=O) groups is 2. The van der Waals surface area contributed by atoms with Crippen LogP contribution in [0.4, 0.5) is 5.69 Å². The molecule has 0 atom stereocenters. The van der Waals surface area contributed by atoms with Crippen LogP contribution < -0.4 is 5.32 Å². The molecule has 0 aliphatic heterocycles. The normalized spacial score (nSPS) is 11.2. The number of carboxylic acid groups (broad SMARTS) is 1. The van der Waals surface area contributed by atoms with Gasteiger partial charge in [-0.2, -0.15) is 0 Å². The van der Waals surface area contributed by atoms with Crippen LogP contribution in [0.5, 0.6) is 0 Å². The van der Waals surface area contributed by atoms with Crippen molar-refractivity contribution in [2.45, 2.75) is 26.7 Å². The van der Waals surface area contributed by atoms with Gasteiger partial charge in [0.25, 0.3) is 0 Å². The first-order valence-corrected chi connectivity index (χ1v) is 6.42. The molecular weight excluding hydrogens is 289 g/mol. The van der Waals surface area contributed by atoms with Gasteiger partial charge in [-0.25, -0.2) is 0 Å². The summed E-state index contributed by atoms with van der Waals surface area (Å²) in [7, 11) is 0. The van der Waals surface area contributed by atoms with Crippen LogP contribution in [0, 0.1) is 5.41 Å². The number of carbonyl (C=O) groups excluding carboxylic acids is 1. The highest BCUT2D eigenvalue weighted by atomic mass is 35.5. The Morgan fingerprint density at radius 1 is 1.21 bits per heavy atom. The minimum atomic E-state index is -0.937. The minimum absolute atomic E-state index is 0.0703. The van der Waals surface area contributed by atoms with E-state index in [1.165, 1.54) is 0 Å². The zero-order valence-electron chi connectivity index (χ0n) is 10.7. The molecule has 6 heteroatoms. The Morgan fingerprint density at radius 2 is 1.74 bits per heavy atom. The average molecular weight is 304 g/mol. The summed E-state index contributed by atoms with van der Waals surface area (Å²) >= 11 is 11.9. The molecule has 2 N–H and O–H groups in total. The van der Waals surface area contributed by atoms with Gasteiger partial charge >= 0.3 is 5.97 Å². The number of hydrogen-bond acceptors (Lipinski definition) is 2. The van der Waals surface area contributed by atoms with Crippen molar-refractivity contribution in [1.29, 1.82) is 0 Å². The summed E-state index contributed by atoms with van der Waals surface area (Å²) in [4.78, 5) is 22.6. The van der Waals surface area contributed by atoms with Crippen molar-refractivity contribution in [3.8, 4) is 0 Å². The Labute approximate surface area is 121 Å². The second-order valence-electron chi connectivity index (χ2n) is 5.06. The second kappa shape index (κ2) is 6.26. The molecule has 0 saturated heterocycles. The van der Waals surface area contributed by atoms with Gasteiger partial charge in [-0.3, -0.25) is 9.59 Å². The summed E-state index contributed by atoms with van der Waals surface area (Å²) in [5, 5.41) is 12.1. The van der Waals surface area contributed by atoms with Gasteiger partial charge in [-0.1, -0.05) is 43.1 Å². The van der Waals surface area contributed by atoms with Crippen molar-refractivity contribution < 1.29 is 14.7 Å². The van der Waals surface area contributed by atoms with Crippen LogP contribution in [0.2, 0.25) is 10.0 Å². The SMILES string of the molecule is CC(C)(CC(=O)O)CC(=O)Nc1c(Cl)cccc1Cl. The maximum atomic E-state index is 11.9. The van der Waals surface area contributed by atoms with E-state index in [4.69, 9.17) is 28.3 Å². The summed E-state index contributed by atoms with van der Waals surface area (Å²) in [6.45, 7) is 3.43. The molecule has 0 saturated carbocycles. The predicted octanol–water partition coefficient (Wildman–Crippen LogP) is 3.82. The maximum Gasteiger partial charge on any atom is 0.303 e. The molecule has 1 aromatic rings. The molecule has 0 aliphatic carbocycles. The van der Waals surface area contributed by atoms with Crippen LogP contribution in [0.3, 0.4) is 0 Å². The van der Waals surface area contributed by atoms with Gasteiger partial charge in [0, 0.05) is 6.42 Å². The van der Waals surface area contributed by atoms with E-state index < -0.39 is 11.4 Å². The third-order valence-corrected chi connectivity index (χ3v) is 3.13. The zero-order valence-corrected chi connectivity index (χ0v) is 12.2. The fourth-order valence-corrected chi connectivity index (χ4v) is 2.20. The molecule has 0 spiro atoms. The number of aliphatic carboxylic acids is 1. The van der Waals surface area contributed by atoms with Crippen molar-refractivity contribution in [2.75, 3.05) is 5.32 Å². The maximum absolute atomic E-state index is 11.9. The van der Waals surface area contributed by atoms with Gasteiger partial charge in [0.1, 0.15) is 0 Å². The second-order valence-corrected chi connectivity index (χ2v) is 5.87. The molecule has 19 heavy (non-hydrogen) atoms. The number of halogens is 2. The molecule has 0 aliphatic rings. The fourth-order valence-electron chi connectivity index (χ4n) is 1.71. The van der Waals surface area contributed by atoms with E-state index >= 15 is 0 Å². The van der Waals surface area contributed by atoms with Crippen molar-refractivity contribution in [3.63, 3.8) is 0 Å². The number of carboxylic acids is 1. The Morgan fingerprint density at radius 3 is 2.21 bits per heavy atom. The van der Waals surface area contributed by atoms with E-state index in [1.54, 1.807) is 32.0 Å². The molecule has 0 unspecified atom stereocenters. The van der Waals surface area contributed by atoms with E-state index in [9.17, 15) is 9.59 Å². The summed E-state index contributed by atoms with van der Waals surface area (Å²) in [5.41, 5.74) is -0.286. The van der Waals surface area contributed by atoms with Gasteiger partial charge in [-0.15, -0.1) is 0 Å². The van der Waals surface area contributed by atoms with E-state index in [0.717, 1.165) is 0 Å². The molecule has 0 radical (unpaired) electrons. The lowest BCUT2D eigenvalue weighted by Gasteiger charge is -2.21. The molecule has 1 amide bonds. The minimum Gasteiger partial charge on any atom is -0.481 e. The lowest BCUT2D eigenvalue weighted by molar-refractivity contribution is -0.139. The third-order valence-electron chi connectivity index (χ3n) is 2.50.